The SMILES string of the molecule is CSc1nc(N2CCOCC2)c2cnn(CCNC(=O)c3cccc(Br)c3)c2n1. The second-order valence-corrected chi connectivity index (χ2v) is 8.19. The molecule has 1 saturated heterocycles. The average Bonchev–Trinajstić information content (AvgIpc) is 3.16. The van der Waals surface area contributed by atoms with E-state index in [1.54, 1.807) is 18.3 Å². The lowest BCUT2D eigenvalue weighted by Gasteiger charge is -2.28. The minimum atomic E-state index is -0.115. The first-order chi connectivity index (χ1) is 14.2. The third-order valence-corrected chi connectivity index (χ3v) is 5.69. The van der Waals surface area contributed by atoms with E-state index < -0.39 is 0 Å². The van der Waals surface area contributed by atoms with E-state index in [1.165, 1.54) is 11.8 Å². The lowest BCUT2D eigenvalue weighted by atomic mass is 10.2. The third kappa shape index (κ3) is 4.54. The summed E-state index contributed by atoms with van der Waals surface area (Å²) in [7, 11) is 0. The van der Waals surface area contributed by atoms with Gasteiger partial charge in [0.15, 0.2) is 10.8 Å². The van der Waals surface area contributed by atoms with Crippen molar-refractivity contribution in [2.24, 2.45) is 0 Å². The van der Waals surface area contributed by atoms with Gasteiger partial charge in [-0.2, -0.15) is 5.10 Å². The number of fused-ring (bicyclic) bond motifs is 1. The van der Waals surface area contributed by atoms with Crippen molar-refractivity contribution in [3.8, 4) is 0 Å². The van der Waals surface area contributed by atoms with Crippen LogP contribution in [0.2, 0.25) is 0 Å². The molecule has 0 spiro atoms. The molecule has 1 aliphatic heterocycles. The van der Waals surface area contributed by atoms with Crippen molar-refractivity contribution >= 4 is 50.5 Å². The summed E-state index contributed by atoms with van der Waals surface area (Å²) in [5, 5.41) is 9.06. The zero-order valence-electron chi connectivity index (χ0n) is 16.0. The van der Waals surface area contributed by atoms with Gasteiger partial charge in [0.05, 0.1) is 31.3 Å². The van der Waals surface area contributed by atoms with E-state index in [4.69, 9.17) is 9.72 Å². The summed E-state index contributed by atoms with van der Waals surface area (Å²) >= 11 is 4.89. The van der Waals surface area contributed by atoms with Gasteiger partial charge in [0.2, 0.25) is 0 Å². The quantitative estimate of drug-likeness (QED) is 0.432. The largest absolute Gasteiger partial charge is 0.378 e. The number of hydrogen-bond donors (Lipinski definition) is 1. The maximum atomic E-state index is 12.3. The molecule has 1 aliphatic rings. The van der Waals surface area contributed by atoms with Gasteiger partial charge in [0.25, 0.3) is 5.91 Å². The number of aromatic nitrogens is 4. The van der Waals surface area contributed by atoms with Gasteiger partial charge in [-0.1, -0.05) is 33.8 Å². The van der Waals surface area contributed by atoms with Crippen LogP contribution in [0.25, 0.3) is 11.0 Å². The fourth-order valence-corrected chi connectivity index (χ4v) is 3.95. The van der Waals surface area contributed by atoms with Gasteiger partial charge in [-0.25, -0.2) is 14.6 Å². The molecule has 3 heterocycles. The Kier molecular flexibility index (Phi) is 6.31. The van der Waals surface area contributed by atoms with E-state index >= 15 is 0 Å². The molecule has 1 N–H and O–H groups in total. The van der Waals surface area contributed by atoms with Crippen molar-refractivity contribution in [1.82, 2.24) is 25.1 Å². The van der Waals surface area contributed by atoms with Gasteiger partial charge < -0.3 is 15.0 Å². The van der Waals surface area contributed by atoms with Crippen molar-refractivity contribution in [3.63, 3.8) is 0 Å². The van der Waals surface area contributed by atoms with Crippen LogP contribution in [0.5, 0.6) is 0 Å². The zero-order chi connectivity index (χ0) is 20.2. The van der Waals surface area contributed by atoms with Crippen LogP contribution in [-0.2, 0) is 11.3 Å². The first-order valence-electron chi connectivity index (χ1n) is 9.29. The highest BCUT2D eigenvalue weighted by atomic mass is 79.9. The van der Waals surface area contributed by atoms with Crippen LogP contribution in [0, 0.1) is 0 Å². The Bertz CT molecular complexity index is 1020. The lowest BCUT2D eigenvalue weighted by Crippen LogP contribution is -2.37. The second kappa shape index (κ2) is 9.10. The van der Waals surface area contributed by atoms with Gasteiger partial charge >= 0.3 is 0 Å². The van der Waals surface area contributed by atoms with Gasteiger partial charge in [0.1, 0.15) is 5.82 Å². The number of amides is 1. The summed E-state index contributed by atoms with van der Waals surface area (Å²) in [6.07, 6.45) is 3.77. The first-order valence-corrected chi connectivity index (χ1v) is 11.3. The zero-order valence-corrected chi connectivity index (χ0v) is 18.4. The highest BCUT2D eigenvalue weighted by Gasteiger charge is 2.20. The number of morpholine rings is 1. The average molecular weight is 477 g/mol. The molecule has 10 heteroatoms. The summed E-state index contributed by atoms with van der Waals surface area (Å²) in [4.78, 5) is 23.9. The minimum absolute atomic E-state index is 0.115. The molecular weight excluding hydrogens is 456 g/mol. The number of carbonyl (C=O) groups excluding carboxylic acids is 1. The number of halogens is 1. The predicted octanol–water partition coefficient (Wildman–Crippen LogP) is 2.58. The van der Waals surface area contributed by atoms with Crippen LogP contribution in [0.1, 0.15) is 10.4 Å². The number of thioether (sulfide) groups is 1. The molecule has 1 aromatic carbocycles. The summed E-state index contributed by atoms with van der Waals surface area (Å²) < 4.78 is 8.16. The summed E-state index contributed by atoms with van der Waals surface area (Å²) in [6, 6.07) is 7.32. The highest BCUT2D eigenvalue weighted by molar-refractivity contribution is 9.10. The van der Waals surface area contributed by atoms with Crippen LogP contribution >= 0.6 is 27.7 Å². The number of rotatable bonds is 6. The van der Waals surface area contributed by atoms with Crippen LogP contribution in [0.3, 0.4) is 0 Å². The predicted molar refractivity (Wildman–Crippen MR) is 117 cm³/mol. The summed E-state index contributed by atoms with van der Waals surface area (Å²) in [5.41, 5.74) is 1.40. The molecule has 29 heavy (non-hydrogen) atoms. The molecule has 2 aromatic heterocycles. The Hall–Kier alpha value is -2.17. The molecule has 4 rings (SSSR count). The van der Waals surface area contributed by atoms with Gasteiger partial charge in [-0.15, -0.1) is 0 Å². The second-order valence-electron chi connectivity index (χ2n) is 6.50. The molecule has 0 saturated carbocycles. The number of ether oxygens (including phenoxy) is 1. The van der Waals surface area contributed by atoms with E-state index in [2.05, 4.69) is 36.2 Å². The lowest BCUT2D eigenvalue weighted by molar-refractivity contribution is 0.0952. The van der Waals surface area contributed by atoms with Crippen LogP contribution in [-0.4, -0.2) is 64.8 Å². The Labute approximate surface area is 181 Å². The molecule has 0 bridgehead atoms. The Morgan fingerprint density at radius 2 is 2.14 bits per heavy atom. The van der Waals surface area contributed by atoms with Crippen molar-refractivity contribution in [1.29, 1.82) is 0 Å². The van der Waals surface area contributed by atoms with E-state index in [0.29, 0.717) is 37.0 Å². The number of nitrogens with zero attached hydrogens (tertiary/aromatic N) is 5. The Morgan fingerprint density at radius 3 is 2.90 bits per heavy atom. The fourth-order valence-electron chi connectivity index (χ4n) is 3.20. The normalized spacial score (nSPS) is 14.3. The molecule has 0 aliphatic carbocycles. The molecule has 0 unspecified atom stereocenters. The first kappa shape index (κ1) is 20.1. The monoisotopic (exact) mass is 476 g/mol. The summed E-state index contributed by atoms with van der Waals surface area (Å²) in [6.45, 7) is 3.96. The maximum Gasteiger partial charge on any atom is 0.251 e. The van der Waals surface area contributed by atoms with Crippen LogP contribution in [0.4, 0.5) is 5.82 Å². The van der Waals surface area contributed by atoms with E-state index in [1.807, 2.05) is 23.1 Å². The number of nitrogens with one attached hydrogen (secondary N) is 1. The third-order valence-electron chi connectivity index (χ3n) is 4.64. The Morgan fingerprint density at radius 1 is 1.31 bits per heavy atom. The number of anilines is 1. The van der Waals surface area contributed by atoms with Crippen molar-refractivity contribution < 1.29 is 9.53 Å². The van der Waals surface area contributed by atoms with Gasteiger partial charge in [-0.3, -0.25) is 4.79 Å². The molecular formula is C19H21BrN6O2S. The van der Waals surface area contributed by atoms with Gasteiger partial charge in [0, 0.05) is 29.7 Å². The molecule has 152 valence electrons. The molecule has 0 radical (unpaired) electrons. The van der Waals surface area contributed by atoms with Gasteiger partial charge in [-0.05, 0) is 24.5 Å². The molecule has 8 nitrogen and oxygen atoms in total. The summed E-state index contributed by atoms with van der Waals surface area (Å²) in [5.74, 6) is 0.781. The van der Waals surface area contributed by atoms with Crippen molar-refractivity contribution in [3.05, 3.63) is 40.5 Å². The minimum Gasteiger partial charge on any atom is -0.378 e. The smallest absolute Gasteiger partial charge is 0.251 e. The number of hydrogen-bond acceptors (Lipinski definition) is 7. The molecule has 1 fully saturated rings. The number of benzene rings is 1. The maximum absolute atomic E-state index is 12.3. The molecule has 3 aromatic rings. The fraction of sp³-hybridized carbons (Fsp3) is 0.368. The number of carbonyl (C=O) groups is 1. The van der Waals surface area contributed by atoms with E-state index in [9.17, 15) is 4.79 Å². The highest BCUT2D eigenvalue weighted by Crippen LogP contribution is 2.27. The van der Waals surface area contributed by atoms with Crippen molar-refractivity contribution in [2.45, 2.75) is 11.7 Å². The van der Waals surface area contributed by atoms with Crippen LogP contribution in [0.15, 0.2) is 40.1 Å². The molecule has 0 atom stereocenters. The molecule has 1 amide bonds. The van der Waals surface area contributed by atoms with Crippen molar-refractivity contribution in [2.75, 3.05) is 44.0 Å². The van der Waals surface area contributed by atoms with Crippen LogP contribution < -0.4 is 10.2 Å². The van der Waals surface area contributed by atoms with E-state index in [0.717, 1.165) is 34.4 Å². The topological polar surface area (TPSA) is 85.2 Å². The van der Waals surface area contributed by atoms with E-state index in [-0.39, 0.29) is 5.91 Å². The standard InChI is InChI=1S/C19H21BrN6O2S/c1-29-19-23-16(25-7-9-28-10-8-25)15-12-22-26(17(15)24-19)6-5-21-18(27)13-3-2-4-14(20)11-13/h2-4,11-12H,5-10H2,1H3,(H,21,27). The Balaban J connectivity index is 1.51.